The number of anilines is 1. The topological polar surface area (TPSA) is 91.9 Å². The largest absolute Gasteiger partial charge is 0.375 e. The average molecular weight is 358 g/mol. The summed E-state index contributed by atoms with van der Waals surface area (Å²) in [4.78, 5) is 17.3. The van der Waals surface area contributed by atoms with E-state index in [4.69, 9.17) is 4.74 Å². The molecule has 2 amide bonds. The van der Waals surface area contributed by atoms with E-state index in [1.165, 1.54) is 11.3 Å². The molecule has 0 atom stereocenters. The number of halogens is 1. The molecule has 0 radical (unpaired) electrons. The minimum absolute atomic E-state index is 0.293. The molecule has 0 fully saturated rings. The third kappa shape index (κ3) is 3.00. The molecule has 0 spiro atoms. The zero-order valence-corrected chi connectivity index (χ0v) is 12.8. The lowest BCUT2D eigenvalue weighted by molar-refractivity contribution is 0.112. The number of urea groups is 1. The Balaban J connectivity index is 1.56. The first-order valence-corrected chi connectivity index (χ1v) is 7.62. The molecule has 2 aromatic rings. The van der Waals surface area contributed by atoms with Crippen LogP contribution in [0.25, 0.3) is 0 Å². The smallest absolute Gasteiger partial charge is 0.321 e. The van der Waals surface area contributed by atoms with Gasteiger partial charge in [-0.25, -0.2) is 9.78 Å². The van der Waals surface area contributed by atoms with Crippen molar-refractivity contribution < 1.29 is 9.53 Å². The first-order valence-electron chi connectivity index (χ1n) is 6.01. The average Bonchev–Trinajstić information content (AvgIpc) is 3.01. The Morgan fingerprint density at radius 3 is 3.25 bits per heavy atom. The van der Waals surface area contributed by atoms with Crippen LogP contribution in [0, 0.1) is 0 Å². The minimum atomic E-state index is -0.293. The molecule has 0 aromatic carbocycles. The summed E-state index contributed by atoms with van der Waals surface area (Å²) in [5.41, 5.74) is 1.83. The van der Waals surface area contributed by atoms with Crippen LogP contribution in [0.5, 0.6) is 0 Å². The lowest BCUT2D eigenvalue weighted by Crippen LogP contribution is -2.28. The van der Waals surface area contributed by atoms with Gasteiger partial charge in [-0.1, -0.05) is 11.3 Å². The molecule has 0 unspecified atom stereocenters. The molecule has 1 aliphatic rings. The predicted molar refractivity (Wildman–Crippen MR) is 77.6 cm³/mol. The molecule has 3 N–H and O–H groups in total. The molecular weight excluding hydrogens is 346 g/mol. The zero-order chi connectivity index (χ0) is 13.9. The second-order valence-corrected chi connectivity index (χ2v) is 6.13. The summed E-state index contributed by atoms with van der Waals surface area (Å²) >= 11 is 4.78. The van der Waals surface area contributed by atoms with Gasteiger partial charge in [0, 0.05) is 6.42 Å². The van der Waals surface area contributed by atoms with Crippen LogP contribution in [0.3, 0.4) is 0 Å². The highest BCUT2D eigenvalue weighted by molar-refractivity contribution is 9.10. The summed E-state index contributed by atoms with van der Waals surface area (Å²) in [6, 6.07) is -0.293. The number of carbonyl (C=O) groups is 1. The maximum Gasteiger partial charge on any atom is 0.321 e. The van der Waals surface area contributed by atoms with Gasteiger partial charge in [0.25, 0.3) is 0 Å². The summed E-state index contributed by atoms with van der Waals surface area (Å²) in [7, 11) is 0. The quantitative estimate of drug-likeness (QED) is 0.783. The third-order valence-electron chi connectivity index (χ3n) is 2.81. The highest BCUT2D eigenvalue weighted by atomic mass is 79.9. The molecule has 2 aromatic heterocycles. The van der Waals surface area contributed by atoms with Gasteiger partial charge in [0.1, 0.15) is 0 Å². The lowest BCUT2D eigenvalue weighted by Gasteiger charge is -2.08. The Morgan fingerprint density at radius 1 is 1.60 bits per heavy atom. The summed E-state index contributed by atoms with van der Waals surface area (Å²) < 4.78 is 6.18. The van der Waals surface area contributed by atoms with Gasteiger partial charge in [0.05, 0.1) is 46.7 Å². The Kier molecular flexibility index (Phi) is 3.99. The maximum atomic E-state index is 11.8. The number of hydrogen-bond acceptors (Lipinski definition) is 5. The van der Waals surface area contributed by atoms with Crippen molar-refractivity contribution in [1.82, 2.24) is 20.5 Å². The molecule has 106 valence electrons. The van der Waals surface area contributed by atoms with Gasteiger partial charge in [0.2, 0.25) is 0 Å². The highest BCUT2D eigenvalue weighted by Crippen LogP contribution is 2.26. The number of nitrogens with zero attached hydrogens (tertiary/aromatic N) is 2. The predicted octanol–water partition coefficient (Wildman–Crippen LogP) is 2.02. The monoisotopic (exact) mass is 357 g/mol. The standard InChI is InChI=1S/C11H12BrN5O2S/c12-6-3-14-17-8(6)4-13-10(18)16-11-15-7-1-2-19-5-9(7)20-11/h3H,1-2,4-5H2,(H,14,17)(H2,13,15,16,18). The third-order valence-corrected chi connectivity index (χ3v) is 4.48. The van der Waals surface area contributed by atoms with Crippen LogP contribution in [0.15, 0.2) is 10.7 Å². The molecule has 20 heavy (non-hydrogen) atoms. The number of hydrogen-bond donors (Lipinski definition) is 3. The fourth-order valence-electron chi connectivity index (χ4n) is 1.81. The zero-order valence-electron chi connectivity index (χ0n) is 10.4. The van der Waals surface area contributed by atoms with Gasteiger partial charge in [-0.05, 0) is 15.9 Å². The van der Waals surface area contributed by atoms with Crippen molar-refractivity contribution in [2.75, 3.05) is 11.9 Å². The van der Waals surface area contributed by atoms with Crippen molar-refractivity contribution in [3.8, 4) is 0 Å². The highest BCUT2D eigenvalue weighted by Gasteiger charge is 2.16. The van der Waals surface area contributed by atoms with Crippen molar-refractivity contribution in [2.45, 2.75) is 19.6 Å². The van der Waals surface area contributed by atoms with E-state index in [1.54, 1.807) is 6.20 Å². The normalized spacial score (nSPS) is 13.8. The molecule has 9 heteroatoms. The number of fused-ring (bicyclic) bond motifs is 1. The molecule has 0 aliphatic carbocycles. The van der Waals surface area contributed by atoms with Gasteiger partial charge in [-0.2, -0.15) is 5.10 Å². The molecule has 0 saturated heterocycles. The number of nitrogens with one attached hydrogen (secondary N) is 3. The van der Waals surface area contributed by atoms with E-state index >= 15 is 0 Å². The Bertz CT molecular complexity index is 603. The van der Waals surface area contributed by atoms with Crippen LogP contribution in [0.1, 0.15) is 16.3 Å². The number of amides is 2. The Labute approximate surface area is 127 Å². The number of carbonyl (C=O) groups excluding carboxylic acids is 1. The van der Waals surface area contributed by atoms with E-state index in [-0.39, 0.29) is 6.03 Å². The van der Waals surface area contributed by atoms with E-state index in [0.717, 1.165) is 27.2 Å². The van der Waals surface area contributed by atoms with Gasteiger partial charge in [0.15, 0.2) is 5.13 Å². The fraction of sp³-hybridized carbons (Fsp3) is 0.364. The van der Waals surface area contributed by atoms with Gasteiger partial charge in [-0.15, -0.1) is 0 Å². The maximum absolute atomic E-state index is 11.8. The lowest BCUT2D eigenvalue weighted by atomic mass is 10.2. The van der Waals surface area contributed by atoms with Crippen LogP contribution < -0.4 is 10.6 Å². The first-order chi connectivity index (χ1) is 9.72. The number of ether oxygens (including phenoxy) is 1. The van der Waals surface area contributed by atoms with Crippen LogP contribution in [0.4, 0.5) is 9.93 Å². The van der Waals surface area contributed by atoms with Crippen molar-refractivity contribution in [1.29, 1.82) is 0 Å². The van der Waals surface area contributed by atoms with Gasteiger partial charge >= 0.3 is 6.03 Å². The fourth-order valence-corrected chi connectivity index (χ4v) is 3.08. The van der Waals surface area contributed by atoms with E-state index < -0.39 is 0 Å². The number of rotatable bonds is 3. The van der Waals surface area contributed by atoms with Gasteiger partial charge < -0.3 is 10.1 Å². The molecule has 3 rings (SSSR count). The van der Waals surface area contributed by atoms with Crippen molar-refractivity contribution in [2.24, 2.45) is 0 Å². The summed E-state index contributed by atoms with van der Waals surface area (Å²) in [6.07, 6.45) is 2.44. The first kappa shape index (κ1) is 13.5. The Morgan fingerprint density at radius 2 is 2.50 bits per heavy atom. The molecule has 3 heterocycles. The summed E-state index contributed by atoms with van der Waals surface area (Å²) in [5, 5.41) is 12.7. The second kappa shape index (κ2) is 5.90. The van der Waals surface area contributed by atoms with E-state index in [0.29, 0.717) is 24.9 Å². The summed E-state index contributed by atoms with van der Waals surface area (Å²) in [6.45, 7) is 1.63. The number of aromatic amines is 1. The van der Waals surface area contributed by atoms with Crippen LogP contribution in [0.2, 0.25) is 0 Å². The van der Waals surface area contributed by atoms with Crippen molar-refractivity contribution in [3.05, 3.63) is 26.9 Å². The van der Waals surface area contributed by atoms with Gasteiger partial charge in [-0.3, -0.25) is 10.4 Å². The molecule has 0 saturated carbocycles. The van der Waals surface area contributed by atoms with E-state index in [2.05, 4.69) is 41.7 Å². The second-order valence-electron chi connectivity index (χ2n) is 4.20. The van der Waals surface area contributed by atoms with E-state index in [9.17, 15) is 4.79 Å². The SMILES string of the molecule is O=C(NCc1[nH]ncc1Br)Nc1nc2c(s1)COCC2. The van der Waals surface area contributed by atoms with Crippen LogP contribution in [-0.4, -0.2) is 27.8 Å². The molecular formula is C11H12BrN5O2S. The number of H-pyrrole nitrogens is 1. The summed E-state index contributed by atoms with van der Waals surface area (Å²) in [5.74, 6) is 0. The van der Waals surface area contributed by atoms with Crippen LogP contribution in [-0.2, 0) is 24.3 Å². The molecule has 0 bridgehead atoms. The molecule has 7 nitrogen and oxygen atoms in total. The number of aromatic nitrogens is 3. The Hall–Kier alpha value is -1.45. The van der Waals surface area contributed by atoms with Crippen molar-refractivity contribution in [3.63, 3.8) is 0 Å². The number of thiazole rings is 1. The van der Waals surface area contributed by atoms with E-state index in [1.807, 2.05) is 0 Å². The van der Waals surface area contributed by atoms with Crippen molar-refractivity contribution >= 4 is 38.4 Å². The minimum Gasteiger partial charge on any atom is -0.375 e. The molecule has 1 aliphatic heterocycles. The van der Waals surface area contributed by atoms with Crippen LogP contribution >= 0.6 is 27.3 Å².